The van der Waals surface area contributed by atoms with Crippen molar-refractivity contribution in [3.05, 3.63) is 16.5 Å². The summed E-state index contributed by atoms with van der Waals surface area (Å²) in [5.74, 6) is 1.08. The Bertz CT molecular complexity index is 942. The first kappa shape index (κ1) is 22.8. The van der Waals surface area contributed by atoms with Gasteiger partial charge in [-0.2, -0.15) is 0 Å². The lowest BCUT2D eigenvalue weighted by Gasteiger charge is -2.33. The van der Waals surface area contributed by atoms with Gasteiger partial charge in [-0.05, 0) is 48.1 Å². The Morgan fingerprint density at radius 3 is 2.63 bits per heavy atom. The van der Waals surface area contributed by atoms with E-state index < -0.39 is 17.2 Å². The van der Waals surface area contributed by atoms with Crippen molar-refractivity contribution in [3.8, 4) is 10.7 Å². The lowest BCUT2D eigenvalue weighted by Crippen LogP contribution is -2.42. The van der Waals surface area contributed by atoms with Gasteiger partial charge in [-0.3, -0.25) is 10.1 Å². The van der Waals surface area contributed by atoms with Crippen molar-refractivity contribution in [3.63, 3.8) is 0 Å². The highest BCUT2D eigenvalue weighted by molar-refractivity contribution is 8.00. The number of nitrogens with one attached hydrogen (secondary N) is 1. The molecule has 3 amide bonds. The third-order valence-corrected chi connectivity index (χ3v) is 8.52. The molecule has 1 aliphatic carbocycles. The van der Waals surface area contributed by atoms with Crippen LogP contribution in [0.4, 0.5) is 4.79 Å². The topological polar surface area (TPSA) is 103 Å². The van der Waals surface area contributed by atoms with Gasteiger partial charge in [0.2, 0.25) is 5.91 Å². The molecule has 0 fully saturated rings. The number of nitrogens with two attached hydrogens (primary N) is 1. The molecule has 0 saturated carbocycles. The van der Waals surface area contributed by atoms with E-state index in [1.165, 1.54) is 28.6 Å². The number of aryl methyl sites for hydroxylation is 1. The SMILES string of the molecule is CC(C)[C@@H](Sc1nnc(-c2cc3c(s2)CC[C@@H](C(C)(C)C)C3)n1C)C(=O)NC(N)=O. The van der Waals surface area contributed by atoms with E-state index in [-0.39, 0.29) is 5.92 Å². The molecule has 0 saturated heterocycles. The third kappa shape index (κ3) is 4.88. The molecule has 3 N–H and O–H groups in total. The van der Waals surface area contributed by atoms with Gasteiger partial charge in [0.25, 0.3) is 0 Å². The molecule has 7 nitrogen and oxygen atoms in total. The third-order valence-electron chi connectivity index (χ3n) is 5.71. The Labute approximate surface area is 186 Å². The quantitative estimate of drug-likeness (QED) is 0.672. The predicted octanol–water partition coefficient (Wildman–Crippen LogP) is 4.01. The molecule has 0 radical (unpaired) electrons. The van der Waals surface area contributed by atoms with E-state index in [0.29, 0.717) is 16.5 Å². The van der Waals surface area contributed by atoms with Gasteiger partial charge in [0.15, 0.2) is 11.0 Å². The number of rotatable bonds is 5. The van der Waals surface area contributed by atoms with Gasteiger partial charge in [-0.1, -0.05) is 46.4 Å². The van der Waals surface area contributed by atoms with Crippen molar-refractivity contribution in [2.75, 3.05) is 0 Å². The number of nitrogens with zero attached hydrogens (tertiary/aromatic N) is 3. The summed E-state index contributed by atoms with van der Waals surface area (Å²) in [7, 11) is 1.91. The summed E-state index contributed by atoms with van der Waals surface area (Å²) in [4.78, 5) is 26.0. The van der Waals surface area contributed by atoms with Gasteiger partial charge >= 0.3 is 6.03 Å². The molecule has 9 heteroatoms. The Morgan fingerprint density at radius 1 is 1.33 bits per heavy atom. The first-order valence-electron chi connectivity index (χ1n) is 10.3. The second-order valence-corrected chi connectivity index (χ2v) is 11.6. The Kier molecular flexibility index (Phi) is 6.62. The summed E-state index contributed by atoms with van der Waals surface area (Å²) >= 11 is 3.10. The number of thiophene rings is 1. The van der Waals surface area contributed by atoms with Crippen molar-refractivity contribution in [1.29, 1.82) is 0 Å². The van der Waals surface area contributed by atoms with E-state index in [4.69, 9.17) is 5.73 Å². The van der Waals surface area contributed by atoms with Crippen LogP contribution in [0.3, 0.4) is 0 Å². The van der Waals surface area contributed by atoms with Crippen LogP contribution in [-0.4, -0.2) is 32.0 Å². The smallest absolute Gasteiger partial charge is 0.318 e. The second kappa shape index (κ2) is 8.70. The second-order valence-electron chi connectivity index (χ2n) is 9.37. The Hall–Kier alpha value is -1.87. The maximum atomic E-state index is 12.3. The van der Waals surface area contributed by atoms with E-state index in [9.17, 15) is 9.59 Å². The molecule has 1 aliphatic rings. The molecule has 30 heavy (non-hydrogen) atoms. The van der Waals surface area contributed by atoms with Gasteiger partial charge in [0.1, 0.15) is 0 Å². The summed E-state index contributed by atoms with van der Waals surface area (Å²) in [5.41, 5.74) is 6.85. The zero-order valence-electron chi connectivity index (χ0n) is 18.5. The number of imide groups is 1. The molecule has 2 aromatic rings. The number of amides is 3. The number of hydrogen-bond acceptors (Lipinski definition) is 6. The molecular formula is C21H31N5O2S2. The maximum Gasteiger partial charge on any atom is 0.318 e. The molecule has 0 unspecified atom stereocenters. The standard InChI is InChI=1S/C21H31N5O2S2/c1-11(2)16(18(27)23-19(22)28)30-20-25-24-17(26(20)6)15-10-12-9-13(21(3,4)5)7-8-14(12)29-15/h10-11,13,16H,7-9H2,1-6H3,(H3,22,23,27,28)/t13-,16-/m1/s1. The monoisotopic (exact) mass is 449 g/mol. The zero-order valence-corrected chi connectivity index (χ0v) is 20.1. The van der Waals surface area contributed by atoms with Gasteiger partial charge in [-0.15, -0.1) is 21.5 Å². The van der Waals surface area contributed by atoms with Crippen molar-refractivity contribution >= 4 is 35.0 Å². The average Bonchev–Trinajstić information content (AvgIpc) is 3.20. The number of thioether (sulfide) groups is 1. The number of carbonyl (C=O) groups is 2. The minimum Gasteiger partial charge on any atom is -0.351 e. The van der Waals surface area contributed by atoms with Crippen LogP contribution in [0.2, 0.25) is 0 Å². The molecule has 2 heterocycles. The molecule has 0 aromatic carbocycles. The van der Waals surface area contributed by atoms with Crippen molar-refractivity contribution < 1.29 is 9.59 Å². The van der Waals surface area contributed by atoms with Crippen molar-refractivity contribution in [2.24, 2.45) is 30.0 Å². The summed E-state index contributed by atoms with van der Waals surface area (Å²) in [6.07, 6.45) is 3.45. The van der Waals surface area contributed by atoms with E-state index in [2.05, 4.69) is 42.4 Å². The first-order valence-corrected chi connectivity index (χ1v) is 11.9. The van der Waals surface area contributed by atoms with Crippen LogP contribution in [0.15, 0.2) is 11.2 Å². The van der Waals surface area contributed by atoms with Crippen molar-refractivity contribution in [1.82, 2.24) is 20.1 Å². The van der Waals surface area contributed by atoms with Crippen LogP contribution in [0, 0.1) is 17.3 Å². The van der Waals surface area contributed by atoms with E-state index in [1.54, 1.807) is 11.3 Å². The highest BCUT2D eigenvalue weighted by atomic mass is 32.2. The number of aromatic nitrogens is 3. The van der Waals surface area contributed by atoms with Crippen LogP contribution < -0.4 is 11.1 Å². The molecule has 3 rings (SSSR count). The van der Waals surface area contributed by atoms with E-state index in [1.807, 2.05) is 25.5 Å². The molecule has 0 bridgehead atoms. The average molecular weight is 450 g/mol. The molecule has 2 aromatic heterocycles. The lowest BCUT2D eigenvalue weighted by atomic mass is 9.72. The predicted molar refractivity (Wildman–Crippen MR) is 121 cm³/mol. The summed E-state index contributed by atoms with van der Waals surface area (Å²) in [5, 5.41) is 11.1. The fraction of sp³-hybridized carbons (Fsp3) is 0.619. The normalized spacial score (nSPS) is 17.6. The molecule has 164 valence electrons. The van der Waals surface area contributed by atoms with E-state index >= 15 is 0 Å². The molecular weight excluding hydrogens is 418 g/mol. The first-order chi connectivity index (χ1) is 14.0. The van der Waals surface area contributed by atoms with Gasteiger partial charge in [0, 0.05) is 11.9 Å². The molecule has 0 spiro atoms. The Balaban J connectivity index is 1.82. The molecule has 0 aliphatic heterocycles. The maximum absolute atomic E-state index is 12.3. The summed E-state index contributed by atoms with van der Waals surface area (Å²) < 4.78 is 1.93. The van der Waals surface area contributed by atoms with Gasteiger partial charge in [-0.25, -0.2) is 4.79 Å². The number of hydrogen-bond donors (Lipinski definition) is 2. The summed E-state index contributed by atoms with van der Waals surface area (Å²) in [6.45, 7) is 10.8. The van der Waals surface area contributed by atoms with Gasteiger partial charge in [0.05, 0.1) is 10.1 Å². The number of urea groups is 1. The van der Waals surface area contributed by atoms with E-state index in [0.717, 1.165) is 23.5 Å². The largest absolute Gasteiger partial charge is 0.351 e. The number of carbonyl (C=O) groups excluding carboxylic acids is 2. The minimum atomic E-state index is -0.845. The lowest BCUT2D eigenvalue weighted by molar-refractivity contribution is -0.120. The van der Waals surface area contributed by atoms with Crippen molar-refractivity contribution in [2.45, 2.75) is 64.3 Å². The van der Waals surface area contributed by atoms with Gasteiger partial charge < -0.3 is 10.3 Å². The number of fused-ring (bicyclic) bond motifs is 1. The minimum absolute atomic E-state index is 0.00196. The fourth-order valence-corrected chi connectivity index (χ4v) is 6.03. The van der Waals surface area contributed by atoms with Crippen LogP contribution in [0.1, 0.15) is 51.5 Å². The van der Waals surface area contributed by atoms with Crippen LogP contribution in [0.5, 0.6) is 0 Å². The zero-order chi connectivity index (χ0) is 22.2. The highest BCUT2D eigenvalue weighted by Gasteiger charge is 2.31. The highest BCUT2D eigenvalue weighted by Crippen LogP contribution is 2.42. The number of primary amides is 1. The molecule has 2 atom stereocenters. The Morgan fingerprint density at radius 2 is 2.03 bits per heavy atom. The van der Waals surface area contributed by atoms with Crippen LogP contribution in [-0.2, 0) is 24.7 Å². The summed E-state index contributed by atoms with van der Waals surface area (Å²) in [6, 6.07) is 1.42. The van der Waals surface area contributed by atoms with Crippen LogP contribution >= 0.6 is 23.1 Å². The van der Waals surface area contributed by atoms with Crippen LogP contribution in [0.25, 0.3) is 10.7 Å². The fourth-order valence-electron chi connectivity index (χ4n) is 3.80.